The number of rotatable bonds is 7. The minimum atomic E-state index is 0.0718. The summed E-state index contributed by atoms with van der Waals surface area (Å²) in [6, 6.07) is 18.1. The Balaban J connectivity index is 1.35. The maximum absolute atomic E-state index is 13.3. The summed E-state index contributed by atoms with van der Waals surface area (Å²) in [6.07, 6.45) is 5.09. The average Bonchev–Trinajstić information content (AvgIpc) is 3.56. The van der Waals surface area contributed by atoms with Crippen LogP contribution >= 0.6 is 11.3 Å². The van der Waals surface area contributed by atoms with Gasteiger partial charge in [-0.15, -0.1) is 11.3 Å². The van der Waals surface area contributed by atoms with Crippen LogP contribution in [0, 0.1) is 6.92 Å². The highest BCUT2D eigenvalue weighted by Gasteiger charge is 2.24. The third kappa shape index (κ3) is 4.47. The molecule has 3 heterocycles. The molecule has 4 aromatic rings. The van der Waals surface area contributed by atoms with Gasteiger partial charge >= 0.3 is 0 Å². The largest absolute Gasteiger partial charge is 0.376 e. The van der Waals surface area contributed by atoms with E-state index in [4.69, 9.17) is 9.72 Å². The lowest BCUT2D eigenvalue weighted by molar-refractivity contribution is 0.0528. The summed E-state index contributed by atoms with van der Waals surface area (Å²) in [7, 11) is 0. The standard InChI is InChI=1S/C26H27N3O2S/c1-19-9-11-21(12-10-19)25(30)28(16-23-8-5-15-31-23)14-13-22-18-32-26-27-24(17-29(22)26)20-6-3-2-4-7-20/h2-4,6-7,9-12,17-18,23H,5,8,13-16H2,1H3/t23-/m1/s1. The first-order chi connectivity index (χ1) is 15.7. The monoisotopic (exact) mass is 445 g/mol. The van der Waals surface area contributed by atoms with Crippen molar-refractivity contribution >= 4 is 22.2 Å². The number of carbonyl (C=O) groups excluding carboxylic acids is 1. The van der Waals surface area contributed by atoms with Gasteiger partial charge in [-0.3, -0.25) is 9.20 Å². The Bertz CT molecular complexity index is 1190. The quantitative estimate of drug-likeness (QED) is 0.391. The van der Waals surface area contributed by atoms with Gasteiger partial charge in [0.2, 0.25) is 0 Å². The molecular weight excluding hydrogens is 418 g/mol. The molecule has 164 valence electrons. The molecular formula is C26H27N3O2S. The van der Waals surface area contributed by atoms with Gasteiger partial charge in [-0.05, 0) is 31.9 Å². The molecule has 1 aliphatic rings. The second-order valence-corrected chi connectivity index (χ2v) is 9.21. The lowest BCUT2D eigenvalue weighted by Crippen LogP contribution is -2.38. The Morgan fingerprint density at radius 2 is 2.00 bits per heavy atom. The van der Waals surface area contributed by atoms with Crippen LogP contribution in [-0.4, -0.2) is 46.0 Å². The van der Waals surface area contributed by atoms with E-state index >= 15 is 0 Å². The molecule has 0 saturated carbocycles. The zero-order chi connectivity index (χ0) is 21.9. The first kappa shape index (κ1) is 20.9. The average molecular weight is 446 g/mol. The number of imidazole rings is 1. The highest BCUT2D eigenvalue weighted by molar-refractivity contribution is 7.15. The predicted octanol–water partition coefficient (Wildman–Crippen LogP) is 5.24. The molecule has 1 saturated heterocycles. The van der Waals surface area contributed by atoms with Crippen molar-refractivity contribution in [2.45, 2.75) is 32.3 Å². The van der Waals surface area contributed by atoms with Crippen molar-refractivity contribution in [1.29, 1.82) is 0 Å². The Hall–Kier alpha value is -2.96. The van der Waals surface area contributed by atoms with Crippen LogP contribution in [0.2, 0.25) is 0 Å². The smallest absolute Gasteiger partial charge is 0.253 e. The van der Waals surface area contributed by atoms with E-state index in [1.807, 2.05) is 54.3 Å². The fraction of sp³-hybridized carbons (Fsp3) is 0.308. The molecule has 1 aliphatic heterocycles. The van der Waals surface area contributed by atoms with Crippen molar-refractivity contribution in [3.63, 3.8) is 0 Å². The number of ether oxygens (including phenoxy) is 1. The van der Waals surface area contributed by atoms with Gasteiger partial charge in [0, 0.05) is 54.5 Å². The third-order valence-corrected chi connectivity index (χ3v) is 6.91. The molecule has 0 bridgehead atoms. The van der Waals surface area contributed by atoms with Crippen molar-refractivity contribution in [3.05, 3.63) is 83.0 Å². The van der Waals surface area contributed by atoms with E-state index in [0.717, 1.165) is 53.2 Å². The number of amides is 1. The van der Waals surface area contributed by atoms with E-state index in [9.17, 15) is 4.79 Å². The summed E-state index contributed by atoms with van der Waals surface area (Å²) in [4.78, 5) is 21.0. The topological polar surface area (TPSA) is 46.8 Å². The fourth-order valence-electron chi connectivity index (χ4n) is 4.20. The molecule has 1 amide bonds. The molecule has 0 unspecified atom stereocenters. The first-order valence-corrected chi connectivity index (χ1v) is 12.0. The maximum atomic E-state index is 13.3. The van der Waals surface area contributed by atoms with Gasteiger partial charge in [-0.1, -0.05) is 48.0 Å². The highest BCUT2D eigenvalue weighted by atomic mass is 32.1. The third-order valence-electron chi connectivity index (χ3n) is 6.02. The van der Waals surface area contributed by atoms with Gasteiger partial charge in [-0.2, -0.15) is 0 Å². The molecule has 32 heavy (non-hydrogen) atoms. The number of fused-ring (bicyclic) bond motifs is 1. The Morgan fingerprint density at radius 1 is 1.19 bits per heavy atom. The molecule has 0 N–H and O–H groups in total. The first-order valence-electron chi connectivity index (χ1n) is 11.2. The van der Waals surface area contributed by atoms with Gasteiger partial charge in [-0.25, -0.2) is 4.98 Å². The van der Waals surface area contributed by atoms with Gasteiger partial charge in [0.15, 0.2) is 4.96 Å². The number of hydrogen-bond donors (Lipinski definition) is 0. The SMILES string of the molecule is Cc1ccc(C(=O)N(CCc2csc3nc(-c4ccccc4)cn23)C[C@H]2CCCO2)cc1. The number of aryl methyl sites for hydroxylation is 1. The Labute approximate surface area is 192 Å². The van der Waals surface area contributed by atoms with Gasteiger partial charge in [0.25, 0.3) is 5.91 Å². The zero-order valence-corrected chi connectivity index (χ0v) is 19.1. The van der Waals surface area contributed by atoms with Crippen LogP contribution in [0.1, 0.15) is 34.5 Å². The number of aromatic nitrogens is 2. The number of nitrogens with zero attached hydrogens (tertiary/aromatic N) is 3. The van der Waals surface area contributed by atoms with E-state index in [2.05, 4.69) is 28.1 Å². The van der Waals surface area contributed by atoms with E-state index in [1.165, 1.54) is 5.69 Å². The Kier molecular flexibility index (Phi) is 6.06. The molecule has 5 rings (SSSR count). The lowest BCUT2D eigenvalue weighted by atomic mass is 10.1. The van der Waals surface area contributed by atoms with E-state index in [1.54, 1.807) is 11.3 Å². The van der Waals surface area contributed by atoms with Crippen molar-refractivity contribution in [2.24, 2.45) is 0 Å². The second-order valence-electron chi connectivity index (χ2n) is 8.37. The van der Waals surface area contributed by atoms with Crippen molar-refractivity contribution in [1.82, 2.24) is 14.3 Å². The van der Waals surface area contributed by atoms with Crippen molar-refractivity contribution in [3.8, 4) is 11.3 Å². The number of carbonyl (C=O) groups is 1. The summed E-state index contributed by atoms with van der Waals surface area (Å²) in [6.45, 7) is 4.12. The maximum Gasteiger partial charge on any atom is 0.253 e. The fourth-order valence-corrected chi connectivity index (χ4v) is 5.10. The molecule has 6 heteroatoms. The van der Waals surface area contributed by atoms with Crippen LogP contribution in [0.3, 0.4) is 0 Å². The Morgan fingerprint density at radius 3 is 2.75 bits per heavy atom. The summed E-state index contributed by atoms with van der Waals surface area (Å²) in [5.74, 6) is 0.0718. The second kappa shape index (κ2) is 9.27. The molecule has 2 aromatic carbocycles. The normalized spacial score (nSPS) is 16.0. The van der Waals surface area contributed by atoms with Crippen LogP contribution in [0.5, 0.6) is 0 Å². The summed E-state index contributed by atoms with van der Waals surface area (Å²) in [5.41, 5.74) is 5.16. The van der Waals surface area contributed by atoms with E-state index in [0.29, 0.717) is 13.1 Å². The van der Waals surface area contributed by atoms with Crippen LogP contribution < -0.4 is 0 Å². The van der Waals surface area contributed by atoms with Crippen LogP contribution in [0.4, 0.5) is 0 Å². The van der Waals surface area contributed by atoms with Gasteiger partial charge in [0.1, 0.15) is 0 Å². The zero-order valence-electron chi connectivity index (χ0n) is 18.2. The lowest BCUT2D eigenvalue weighted by Gasteiger charge is -2.25. The molecule has 5 nitrogen and oxygen atoms in total. The number of benzene rings is 2. The summed E-state index contributed by atoms with van der Waals surface area (Å²) in [5, 5.41) is 2.15. The number of thiazole rings is 1. The van der Waals surface area contributed by atoms with Gasteiger partial charge in [0.05, 0.1) is 11.8 Å². The van der Waals surface area contributed by atoms with Crippen LogP contribution in [0.15, 0.2) is 66.2 Å². The molecule has 0 spiro atoms. The summed E-state index contributed by atoms with van der Waals surface area (Å²) < 4.78 is 8.00. The molecule has 0 aliphatic carbocycles. The minimum absolute atomic E-state index is 0.0718. The van der Waals surface area contributed by atoms with Crippen molar-refractivity contribution < 1.29 is 9.53 Å². The molecule has 1 atom stereocenters. The molecule has 0 radical (unpaired) electrons. The molecule has 2 aromatic heterocycles. The summed E-state index contributed by atoms with van der Waals surface area (Å²) >= 11 is 1.64. The van der Waals surface area contributed by atoms with E-state index < -0.39 is 0 Å². The highest BCUT2D eigenvalue weighted by Crippen LogP contribution is 2.24. The molecule has 1 fully saturated rings. The van der Waals surface area contributed by atoms with E-state index in [-0.39, 0.29) is 12.0 Å². The van der Waals surface area contributed by atoms with Gasteiger partial charge < -0.3 is 9.64 Å². The van der Waals surface area contributed by atoms with Crippen LogP contribution in [0.25, 0.3) is 16.2 Å². The number of hydrogen-bond acceptors (Lipinski definition) is 4. The predicted molar refractivity (Wildman–Crippen MR) is 128 cm³/mol. The van der Waals surface area contributed by atoms with Crippen LogP contribution in [-0.2, 0) is 11.2 Å². The van der Waals surface area contributed by atoms with Crippen molar-refractivity contribution in [2.75, 3.05) is 19.7 Å². The minimum Gasteiger partial charge on any atom is -0.376 e.